The van der Waals surface area contributed by atoms with Crippen LogP contribution in [0.15, 0.2) is 48.5 Å². The smallest absolute Gasteiger partial charge is 0.411 e. The molecule has 0 spiro atoms. The van der Waals surface area contributed by atoms with E-state index in [1.54, 1.807) is 0 Å². The summed E-state index contributed by atoms with van der Waals surface area (Å²) >= 11 is 5.72. The maximum atomic E-state index is 13.6. The maximum Gasteiger partial charge on any atom is 0.411 e. The molecule has 2 N–H and O–H groups in total. The van der Waals surface area contributed by atoms with Crippen molar-refractivity contribution >= 4 is 17.4 Å². The van der Waals surface area contributed by atoms with Gasteiger partial charge in [-0.3, -0.25) is 4.79 Å². The van der Waals surface area contributed by atoms with Crippen LogP contribution in [0.5, 0.6) is 5.75 Å². The highest BCUT2D eigenvalue weighted by Gasteiger charge is 2.54. The SMILES string of the molecule is COc1ccc([C@@](N)(CC(=O)c2ccc(Cl)cc2)C(F)(F)F)cc1. The molecule has 0 radical (unpaired) electrons. The van der Waals surface area contributed by atoms with Crippen molar-refractivity contribution in [1.82, 2.24) is 0 Å². The molecule has 0 aromatic heterocycles. The third-order valence-electron chi connectivity index (χ3n) is 3.72. The number of hydrogen-bond acceptors (Lipinski definition) is 3. The fourth-order valence-electron chi connectivity index (χ4n) is 2.25. The van der Waals surface area contributed by atoms with Gasteiger partial charge in [0, 0.05) is 17.0 Å². The summed E-state index contributed by atoms with van der Waals surface area (Å²) in [6.07, 6.45) is -5.71. The minimum atomic E-state index is -4.80. The molecule has 0 amide bonds. The van der Waals surface area contributed by atoms with Crippen molar-refractivity contribution in [3.63, 3.8) is 0 Å². The number of ketones is 1. The number of nitrogens with two attached hydrogens (primary N) is 1. The molecule has 2 aromatic carbocycles. The first-order valence-corrected chi connectivity index (χ1v) is 7.34. The third kappa shape index (κ3) is 3.71. The van der Waals surface area contributed by atoms with Gasteiger partial charge >= 0.3 is 6.18 Å². The lowest BCUT2D eigenvalue weighted by Crippen LogP contribution is -2.51. The Labute approximate surface area is 142 Å². The van der Waals surface area contributed by atoms with Gasteiger partial charge in [0.25, 0.3) is 0 Å². The molecule has 0 fully saturated rings. The number of methoxy groups -OCH3 is 1. The van der Waals surface area contributed by atoms with Crippen LogP contribution in [0.2, 0.25) is 5.02 Å². The van der Waals surface area contributed by atoms with Crippen LogP contribution in [-0.2, 0) is 5.54 Å². The number of carbonyl (C=O) groups excluding carboxylic acids is 1. The first-order chi connectivity index (χ1) is 11.2. The fourth-order valence-corrected chi connectivity index (χ4v) is 2.37. The van der Waals surface area contributed by atoms with E-state index in [9.17, 15) is 18.0 Å². The van der Waals surface area contributed by atoms with Gasteiger partial charge in [0.2, 0.25) is 0 Å². The van der Waals surface area contributed by atoms with Crippen LogP contribution >= 0.6 is 11.6 Å². The zero-order valence-corrected chi connectivity index (χ0v) is 13.5. The van der Waals surface area contributed by atoms with Crippen molar-refractivity contribution in [1.29, 1.82) is 0 Å². The average Bonchev–Trinajstić information content (AvgIpc) is 2.54. The monoisotopic (exact) mass is 357 g/mol. The molecule has 128 valence electrons. The van der Waals surface area contributed by atoms with Gasteiger partial charge in [-0.05, 0) is 42.0 Å². The number of halogens is 4. The lowest BCUT2D eigenvalue weighted by molar-refractivity contribution is -0.188. The number of Topliss-reactive ketones (excluding diaryl/α,β-unsaturated/α-hetero) is 1. The number of benzene rings is 2. The minimum absolute atomic E-state index is 0.118. The van der Waals surface area contributed by atoms with Crippen LogP contribution in [0, 0.1) is 0 Å². The largest absolute Gasteiger partial charge is 0.497 e. The van der Waals surface area contributed by atoms with E-state index < -0.39 is 23.9 Å². The van der Waals surface area contributed by atoms with Crippen LogP contribution in [-0.4, -0.2) is 19.1 Å². The molecule has 2 rings (SSSR count). The number of carbonyl (C=O) groups is 1. The van der Waals surface area contributed by atoms with Crippen molar-refractivity contribution < 1.29 is 22.7 Å². The van der Waals surface area contributed by atoms with Crippen molar-refractivity contribution in [2.45, 2.75) is 18.1 Å². The molecule has 24 heavy (non-hydrogen) atoms. The lowest BCUT2D eigenvalue weighted by atomic mass is 9.84. The van der Waals surface area contributed by atoms with Crippen LogP contribution in [0.3, 0.4) is 0 Å². The Hall–Kier alpha value is -2.05. The summed E-state index contributed by atoms with van der Waals surface area (Å²) < 4.78 is 45.7. The molecule has 0 heterocycles. The van der Waals surface area contributed by atoms with Crippen molar-refractivity contribution in [3.8, 4) is 5.75 Å². The Morgan fingerprint density at radius 2 is 1.62 bits per heavy atom. The molecule has 0 unspecified atom stereocenters. The van der Waals surface area contributed by atoms with E-state index in [1.807, 2.05) is 0 Å². The zero-order valence-electron chi connectivity index (χ0n) is 12.7. The van der Waals surface area contributed by atoms with Crippen LogP contribution in [0.1, 0.15) is 22.3 Å². The maximum absolute atomic E-state index is 13.6. The van der Waals surface area contributed by atoms with E-state index in [0.29, 0.717) is 10.8 Å². The summed E-state index contributed by atoms with van der Waals surface area (Å²) in [7, 11) is 1.40. The van der Waals surface area contributed by atoms with Gasteiger partial charge in [-0.2, -0.15) is 13.2 Å². The molecule has 0 aliphatic rings. The van der Waals surface area contributed by atoms with Gasteiger partial charge in [0.1, 0.15) is 11.3 Å². The normalized spacial score (nSPS) is 14.1. The molecule has 0 bridgehead atoms. The second-order valence-electron chi connectivity index (χ2n) is 5.30. The number of hydrogen-bond donors (Lipinski definition) is 1. The van der Waals surface area contributed by atoms with E-state index in [4.69, 9.17) is 22.1 Å². The van der Waals surface area contributed by atoms with Crippen LogP contribution < -0.4 is 10.5 Å². The zero-order chi connectivity index (χ0) is 18.0. The van der Waals surface area contributed by atoms with Gasteiger partial charge in [0.05, 0.1) is 7.11 Å². The van der Waals surface area contributed by atoms with Crippen molar-refractivity contribution in [3.05, 3.63) is 64.7 Å². The molecule has 0 saturated heterocycles. The Kier molecular flexibility index (Phi) is 5.20. The van der Waals surface area contributed by atoms with Crippen LogP contribution in [0.25, 0.3) is 0 Å². The van der Waals surface area contributed by atoms with E-state index in [0.717, 1.165) is 0 Å². The highest BCUT2D eigenvalue weighted by Crippen LogP contribution is 2.40. The third-order valence-corrected chi connectivity index (χ3v) is 3.97. The second kappa shape index (κ2) is 6.83. The van der Waals surface area contributed by atoms with Crippen LogP contribution in [0.4, 0.5) is 13.2 Å². The average molecular weight is 358 g/mol. The highest BCUT2D eigenvalue weighted by molar-refractivity contribution is 6.30. The molecule has 1 atom stereocenters. The van der Waals surface area contributed by atoms with Gasteiger partial charge in [-0.1, -0.05) is 23.7 Å². The highest BCUT2D eigenvalue weighted by atomic mass is 35.5. The Balaban J connectivity index is 2.37. The minimum Gasteiger partial charge on any atom is -0.497 e. The molecule has 7 heteroatoms. The predicted octanol–water partition coefficient (Wildman–Crippen LogP) is 4.34. The summed E-state index contributed by atoms with van der Waals surface area (Å²) in [5, 5.41) is 0.386. The first kappa shape index (κ1) is 18.3. The topological polar surface area (TPSA) is 52.3 Å². The molecule has 2 aromatic rings. The number of alkyl halides is 3. The lowest BCUT2D eigenvalue weighted by Gasteiger charge is -2.32. The number of ether oxygens (including phenoxy) is 1. The molecular formula is C17H15ClF3NO2. The molecule has 0 aliphatic carbocycles. The van der Waals surface area contributed by atoms with Crippen molar-refractivity contribution in [2.75, 3.05) is 7.11 Å². The summed E-state index contributed by atoms with van der Waals surface area (Å²) in [6, 6.07) is 10.8. The van der Waals surface area contributed by atoms with Gasteiger partial charge < -0.3 is 10.5 Å². The van der Waals surface area contributed by atoms with Crippen molar-refractivity contribution in [2.24, 2.45) is 5.73 Å². The predicted molar refractivity (Wildman–Crippen MR) is 85.3 cm³/mol. The summed E-state index contributed by atoms with van der Waals surface area (Å²) in [5.41, 5.74) is 2.76. The Morgan fingerprint density at radius 3 is 2.08 bits per heavy atom. The van der Waals surface area contributed by atoms with Gasteiger partial charge in [-0.15, -0.1) is 0 Å². The quantitative estimate of drug-likeness (QED) is 0.810. The molecular weight excluding hydrogens is 343 g/mol. The fraction of sp³-hybridized carbons (Fsp3) is 0.235. The first-order valence-electron chi connectivity index (χ1n) is 6.96. The summed E-state index contributed by atoms with van der Waals surface area (Å²) in [6.45, 7) is 0. The summed E-state index contributed by atoms with van der Waals surface area (Å²) in [4.78, 5) is 12.3. The number of rotatable bonds is 5. The van der Waals surface area contributed by atoms with E-state index >= 15 is 0 Å². The standard InChI is InChI=1S/C17H15ClF3NO2/c1-24-14-8-4-12(5-9-14)16(22,17(19,20)21)10-15(23)11-2-6-13(18)7-3-11/h2-9H,10,22H2,1H3/t16-/m0/s1. The summed E-state index contributed by atoms with van der Waals surface area (Å²) in [5.74, 6) is -0.324. The van der Waals surface area contributed by atoms with Gasteiger partial charge in [0.15, 0.2) is 5.78 Å². The molecule has 0 aliphatic heterocycles. The molecule has 0 saturated carbocycles. The van der Waals surface area contributed by atoms with E-state index in [-0.39, 0.29) is 11.1 Å². The van der Waals surface area contributed by atoms with Gasteiger partial charge in [-0.25, -0.2) is 0 Å². The molecule has 3 nitrogen and oxygen atoms in total. The Morgan fingerprint density at radius 1 is 1.08 bits per heavy atom. The Bertz CT molecular complexity index is 714. The van der Waals surface area contributed by atoms with E-state index in [1.165, 1.54) is 55.6 Å². The second-order valence-corrected chi connectivity index (χ2v) is 5.74. The van der Waals surface area contributed by atoms with E-state index in [2.05, 4.69) is 0 Å².